The van der Waals surface area contributed by atoms with Gasteiger partial charge in [0.15, 0.2) is 0 Å². The second-order valence-electron chi connectivity index (χ2n) is 6.02. The van der Waals surface area contributed by atoms with Gasteiger partial charge in [-0.1, -0.05) is 18.2 Å². The molecule has 25 heavy (non-hydrogen) atoms. The highest BCUT2D eigenvalue weighted by Crippen LogP contribution is 2.20. The van der Waals surface area contributed by atoms with E-state index in [0.717, 1.165) is 17.3 Å². The minimum atomic E-state index is -0.330. The fourth-order valence-corrected chi connectivity index (χ4v) is 2.93. The highest BCUT2D eigenvalue weighted by Gasteiger charge is 2.28. The molecule has 0 bridgehead atoms. The van der Waals surface area contributed by atoms with Gasteiger partial charge in [0.2, 0.25) is 11.8 Å². The number of amides is 1. The standard InChI is InChI=1S/C19H22N2O4/c1-2-24-19(23)10-9-18(22)21-12-11-15(13-21)25-17-8-7-14-5-3-4-6-16(14)20-17/h3-8,15H,2,9-13H2,1H3. The number of hydrogen-bond acceptors (Lipinski definition) is 5. The van der Waals surface area contributed by atoms with Gasteiger partial charge in [-0.3, -0.25) is 9.59 Å². The molecule has 1 aliphatic rings. The van der Waals surface area contributed by atoms with Crippen molar-refractivity contribution in [2.45, 2.75) is 32.3 Å². The third kappa shape index (κ3) is 4.47. The van der Waals surface area contributed by atoms with Crippen LogP contribution in [0.25, 0.3) is 10.9 Å². The van der Waals surface area contributed by atoms with Crippen LogP contribution in [-0.2, 0) is 14.3 Å². The van der Waals surface area contributed by atoms with Gasteiger partial charge in [-0.2, -0.15) is 0 Å². The number of hydrogen-bond donors (Lipinski definition) is 0. The third-order valence-electron chi connectivity index (χ3n) is 4.21. The Hall–Kier alpha value is -2.63. The quantitative estimate of drug-likeness (QED) is 0.755. The predicted molar refractivity (Wildman–Crippen MR) is 93.2 cm³/mol. The summed E-state index contributed by atoms with van der Waals surface area (Å²) in [5.41, 5.74) is 0.889. The van der Waals surface area contributed by atoms with Gasteiger partial charge in [-0.05, 0) is 19.1 Å². The van der Waals surface area contributed by atoms with Gasteiger partial charge in [-0.15, -0.1) is 0 Å². The lowest BCUT2D eigenvalue weighted by atomic mass is 10.2. The van der Waals surface area contributed by atoms with Crippen LogP contribution in [0.5, 0.6) is 5.88 Å². The number of fused-ring (bicyclic) bond motifs is 1. The molecule has 132 valence electrons. The molecule has 2 aromatic rings. The highest BCUT2D eigenvalue weighted by molar-refractivity contribution is 5.81. The van der Waals surface area contributed by atoms with E-state index in [1.54, 1.807) is 11.8 Å². The number of carbonyl (C=O) groups is 2. The summed E-state index contributed by atoms with van der Waals surface area (Å²) in [6.45, 7) is 3.25. The number of esters is 1. The van der Waals surface area contributed by atoms with Crippen LogP contribution >= 0.6 is 0 Å². The van der Waals surface area contributed by atoms with Gasteiger partial charge < -0.3 is 14.4 Å². The molecule has 0 saturated carbocycles. The molecular formula is C19H22N2O4. The van der Waals surface area contributed by atoms with Gasteiger partial charge in [0.05, 0.1) is 25.1 Å². The van der Waals surface area contributed by atoms with Gasteiger partial charge in [-0.25, -0.2) is 4.98 Å². The highest BCUT2D eigenvalue weighted by atomic mass is 16.5. The van der Waals surface area contributed by atoms with Crippen molar-refractivity contribution in [2.24, 2.45) is 0 Å². The van der Waals surface area contributed by atoms with E-state index in [-0.39, 0.29) is 30.8 Å². The van der Waals surface area contributed by atoms with Crippen LogP contribution < -0.4 is 4.74 Å². The monoisotopic (exact) mass is 342 g/mol. The fourth-order valence-electron chi connectivity index (χ4n) is 2.93. The third-order valence-corrected chi connectivity index (χ3v) is 4.21. The van der Waals surface area contributed by atoms with Gasteiger partial charge in [0.1, 0.15) is 6.10 Å². The molecule has 0 radical (unpaired) electrons. The van der Waals surface area contributed by atoms with E-state index >= 15 is 0 Å². The zero-order valence-electron chi connectivity index (χ0n) is 14.3. The molecule has 1 amide bonds. The molecule has 1 aromatic carbocycles. The molecule has 1 aromatic heterocycles. The first-order valence-corrected chi connectivity index (χ1v) is 8.61. The topological polar surface area (TPSA) is 68.7 Å². The van der Waals surface area contributed by atoms with Crippen LogP contribution in [-0.4, -0.2) is 47.6 Å². The fraction of sp³-hybridized carbons (Fsp3) is 0.421. The molecule has 0 aliphatic carbocycles. The Morgan fingerprint density at radius 2 is 2.04 bits per heavy atom. The van der Waals surface area contributed by atoms with E-state index in [4.69, 9.17) is 9.47 Å². The molecule has 1 atom stereocenters. The first kappa shape index (κ1) is 17.2. The van der Waals surface area contributed by atoms with Crippen molar-refractivity contribution < 1.29 is 19.1 Å². The van der Waals surface area contributed by atoms with Crippen LogP contribution in [0.15, 0.2) is 36.4 Å². The normalized spacial score (nSPS) is 16.8. The molecule has 1 saturated heterocycles. The molecule has 6 heteroatoms. The molecule has 1 unspecified atom stereocenters. The summed E-state index contributed by atoms with van der Waals surface area (Å²) in [6, 6.07) is 11.7. The Balaban J connectivity index is 1.51. The summed E-state index contributed by atoms with van der Waals surface area (Å²) in [5.74, 6) is 0.207. The van der Waals surface area contributed by atoms with Crippen LogP contribution in [0.2, 0.25) is 0 Å². The Morgan fingerprint density at radius 1 is 1.20 bits per heavy atom. The molecule has 6 nitrogen and oxygen atoms in total. The maximum Gasteiger partial charge on any atom is 0.306 e. The zero-order chi connectivity index (χ0) is 17.6. The lowest BCUT2D eigenvalue weighted by molar-refractivity contribution is -0.145. The maximum absolute atomic E-state index is 12.2. The van der Waals surface area contributed by atoms with Crippen molar-refractivity contribution in [2.75, 3.05) is 19.7 Å². The number of aromatic nitrogens is 1. The minimum Gasteiger partial charge on any atom is -0.472 e. The predicted octanol–water partition coefficient (Wildman–Crippen LogP) is 2.56. The van der Waals surface area contributed by atoms with Crippen LogP contribution in [0.1, 0.15) is 26.2 Å². The molecule has 2 heterocycles. The second-order valence-corrected chi connectivity index (χ2v) is 6.02. The van der Waals surface area contributed by atoms with E-state index in [9.17, 15) is 9.59 Å². The van der Waals surface area contributed by atoms with Crippen LogP contribution in [0.3, 0.4) is 0 Å². The van der Waals surface area contributed by atoms with E-state index in [1.807, 2.05) is 36.4 Å². The van der Waals surface area contributed by atoms with Crippen molar-refractivity contribution in [1.29, 1.82) is 0 Å². The lowest BCUT2D eigenvalue weighted by Crippen LogP contribution is -2.31. The number of benzene rings is 1. The average molecular weight is 342 g/mol. The summed E-state index contributed by atoms with van der Waals surface area (Å²) in [6.07, 6.45) is 1.00. The Morgan fingerprint density at radius 3 is 2.88 bits per heavy atom. The number of carbonyl (C=O) groups excluding carboxylic acids is 2. The number of pyridine rings is 1. The summed E-state index contributed by atoms with van der Waals surface area (Å²) in [5, 5.41) is 1.07. The SMILES string of the molecule is CCOC(=O)CCC(=O)N1CCC(Oc2ccc3ccccc3n2)C1. The maximum atomic E-state index is 12.2. The zero-order valence-corrected chi connectivity index (χ0v) is 14.3. The second kappa shape index (κ2) is 7.96. The molecule has 1 fully saturated rings. The van der Waals surface area contributed by atoms with Crippen LogP contribution in [0, 0.1) is 0 Å². The van der Waals surface area contributed by atoms with Crippen molar-refractivity contribution >= 4 is 22.8 Å². The largest absolute Gasteiger partial charge is 0.472 e. The molecular weight excluding hydrogens is 320 g/mol. The smallest absolute Gasteiger partial charge is 0.306 e. The number of nitrogens with zero attached hydrogens (tertiary/aromatic N) is 2. The van der Waals surface area contributed by atoms with E-state index in [2.05, 4.69) is 4.98 Å². The van der Waals surface area contributed by atoms with Gasteiger partial charge in [0, 0.05) is 30.8 Å². The van der Waals surface area contributed by atoms with Crippen molar-refractivity contribution in [1.82, 2.24) is 9.88 Å². The van der Waals surface area contributed by atoms with Crippen molar-refractivity contribution in [3.05, 3.63) is 36.4 Å². The number of rotatable bonds is 6. The van der Waals surface area contributed by atoms with Crippen molar-refractivity contribution in [3.8, 4) is 5.88 Å². The average Bonchev–Trinajstić information content (AvgIpc) is 3.08. The molecule has 1 aliphatic heterocycles. The molecule has 3 rings (SSSR count). The van der Waals surface area contributed by atoms with Gasteiger partial charge >= 0.3 is 5.97 Å². The first-order chi connectivity index (χ1) is 12.2. The summed E-state index contributed by atoms with van der Waals surface area (Å²) in [7, 11) is 0. The Labute approximate surface area is 146 Å². The molecule has 0 N–H and O–H groups in total. The lowest BCUT2D eigenvalue weighted by Gasteiger charge is -2.17. The van der Waals surface area contributed by atoms with E-state index in [0.29, 0.717) is 25.6 Å². The summed E-state index contributed by atoms with van der Waals surface area (Å²) >= 11 is 0. The summed E-state index contributed by atoms with van der Waals surface area (Å²) in [4.78, 5) is 29.8. The first-order valence-electron chi connectivity index (χ1n) is 8.61. The summed E-state index contributed by atoms with van der Waals surface area (Å²) < 4.78 is 10.8. The molecule has 0 spiro atoms. The number of likely N-dealkylation sites (tertiary alicyclic amines) is 1. The van der Waals surface area contributed by atoms with Crippen LogP contribution in [0.4, 0.5) is 0 Å². The number of ether oxygens (including phenoxy) is 2. The Kier molecular flexibility index (Phi) is 5.48. The van der Waals surface area contributed by atoms with Gasteiger partial charge in [0.25, 0.3) is 0 Å². The van der Waals surface area contributed by atoms with E-state index < -0.39 is 0 Å². The Bertz CT molecular complexity index is 762. The number of para-hydroxylation sites is 1. The minimum absolute atomic E-state index is 0.0365. The van der Waals surface area contributed by atoms with Crippen molar-refractivity contribution in [3.63, 3.8) is 0 Å². The van der Waals surface area contributed by atoms with E-state index in [1.165, 1.54) is 0 Å².